The van der Waals surface area contributed by atoms with Crippen LogP contribution in [0.2, 0.25) is 0 Å². The summed E-state index contributed by atoms with van der Waals surface area (Å²) in [5.41, 5.74) is 16.1. The number of benzene rings is 7. The third-order valence-electron chi connectivity index (χ3n) is 10.1. The summed E-state index contributed by atoms with van der Waals surface area (Å²) in [6.07, 6.45) is 3.49. The number of aromatic nitrogens is 2. The molecule has 0 atom stereocenters. The van der Waals surface area contributed by atoms with Gasteiger partial charge in [-0.05, 0) is 71.9 Å². The van der Waals surface area contributed by atoms with Crippen LogP contribution in [-0.4, -0.2) is 14.8 Å². The number of nitrogens with zero attached hydrogens (tertiary/aromatic N) is 3. The molecule has 0 fully saturated rings. The van der Waals surface area contributed by atoms with Crippen molar-refractivity contribution in [2.45, 2.75) is 6.67 Å². The number of thiophene rings is 1. The van der Waals surface area contributed by atoms with Gasteiger partial charge < -0.3 is 14.9 Å². The fourth-order valence-electron chi connectivity index (χ4n) is 7.83. The summed E-state index contributed by atoms with van der Waals surface area (Å²) in [5, 5.41) is 7.55. The molecule has 2 N–H and O–H groups in total. The number of allylic oxidation sites excluding steroid dienone is 1. The molecule has 10 aromatic rings. The van der Waals surface area contributed by atoms with Crippen molar-refractivity contribution < 1.29 is 0 Å². The SMILES string of the molecule is NC=CC(=NCn1c2ccccc2c2cc(-c3cccc4c3sc3ccccc34)ccc21)c1cccc(-n2c3ccccc3c3ccccc32)c1. The monoisotopic (exact) mass is 672 g/mol. The summed E-state index contributed by atoms with van der Waals surface area (Å²) in [6, 6.07) is 56.7. The van der Waals surface area contributed by atoms with Gasteiger partial charge in [-0.3, -0.25) is 4.99 Å². The lowest BCUT2D eigenvalue weighted by Crippen LogP contribution is -2.04. The maximum atomic E-state index is 6.04. The first kappa shape index (κ1) is 29.5. The zero-order valence-corrected chi connectivity index (χ0v) is 28.5. The van der Waals surface area contributed by atoms with Crippen molar-refractivity contribution in [3.05, 3.63) is 176 Å². The first-order chi connectivity index (χ1) is 25.3. The molecule has 0 spiro atoms. The molecule has 0 saturated heterocycles. The van der Waals surface area contributed by atoms with E-state index >= 15 is 0 Å². The number of hydrogen-bond donors (Lipinski definition) is 1. The number of nitrogens with two attached hydrogens (primary N) is 1. The highest BCUT2D eigenvalue weighted by Crippen LogP contribution is 2.41. The highest BCUT2D eigenvalue weighted by molar-refractivity contribution is 7.26. The molecule has 3 heterocycles. The molecule has 51 heavy (non-hydrogen) atoms. The topological polar surface area (TPSA) is 48.2 Å². The van der Waals surface area contributed by atoms with Crippen molar-refractivity contribution in [1.29, 1.82) is 0 Å². The van der Waals surface area contributed by atoms with Crippen LogP contribution in [0.4, 0.5) is 0 Å². The minimum Gasteiger partial charge on any atom is -0.405 e. The number of aliphatic imine (C=N–C) groups is 1. The normalized spacial score (nSPS) is 12.5. The van der Waals surface area contributed by atoms with Gasteiger partial charge in [-0.25, -0.2) is 0 Å². The molecule has 5 heteroatoms. The van der Waals surface area contributed by atoms with Gasteiger partial charge in [0.25, 0.3) is 0 Å². The molecule has 7 aromatic carbocycles. The van der Waals surface area contributed by atoms with Crippen LogP contribution in [0.1, 0.15) is 5.56 Å². The van der Waals surface area contributed by atoms with E-state index in [9.17, 15) is 0 Å². The van der Waals surface area contributed by atoms with Gasteiger partial charge in [0, 0.05) is 53.0 Å². The molecule has 0 amide bonds. The summed E-state index contributed by atoms with van der Waals surface area (Å²) in [5.74, 6) is 0. The van der Waals surface area contributed by atoms with Gasteiger partial charge in [0.05, 0.1) is 27.8 Å². The van der Waals surface area contributed by atoms with Crippen LogP contribution in [0.5, 0.6) is 0 Å². The molecule has 0 unspecified atom stereocenters. The van der Waals surface area contributed by atoms with Crippen molar-refractivity contribution in [3.63, 3.8) is 0 Å². The van der Waals surface area contributed by atoms with E-state index in [4.69, 9.17) is 10.7 Å². The van der Waals surface area contributed by atoms with Crippen LogP contribution in [0.25, 0.3) is 80.6 Å². The predicted molar refractivity (Wildman–Crippen MR) is 218 cm³/mol. The Morgan fingerprint density at radius 2 is 1.20 bits per heavy atom. The Labute approximate surface area is 298 Å². The van der Waals surface area contributed by atoms with Gasteiger partial charge in [0.1, 0.15) is 6.67 Å². The average Bonchev–Trinajstić information content (AvgIpc) is 3.84. The van der Waals surface area contributed by atoms with Crippen LogP contribution >= 0.6 is 11.3 Å². The fraction of sp³-hybridized carbons (Fsp3) is 0.0217. The lowest BCUT2D eigenvalue weighted by Gasteiger charge is -2.11. The Hall–Kier alpha value is -6.43. The Balaban J connectivity index is 1.08. The van der Waals surface area contributed by atoms with E-state index in [1.165, 1.54) is 63.9 Å². The summed E-state index contributed by atoms with van der Waals surface area (Å²) < 4.78 is 7.29. The third-order valence-corrected chi connectivity index (χ3v) is 11.3. The van der Waals surface area contributed by atoms with Gasteiger partial charge in [-0.2, -0.15) is 0 Å². The van der Waals surface area contributed by atoms with E-state index in [1.807, 2.05) is 17.4 Å². The van der Waals surface area contributed by atoms with Crippen molar-refractivity contribution in [2.75, 3.05) is 0 Å². The minimum atomic E-state index is 0.453. The molecule has 0 bridgehead atoms. The molecular formula is C46H32N4S. The highest BCUT2D eigenvalue weighted by Gasteiger charge is 2.16. The number of hydrogen-bond acceptors (Lipinski definition) is 3. The number of para-hydroxylation sites is 3. The lowest BCUT2D eigenvalue weighted by molar-refractivity contribution is 0.793. The Morgan fingerprint density at radius 3 is 1.96 bits per heavy atom. The summed E-state index contributed by atoms with van der Waals surface area (Å²) >= 11 is 1.87. The maximum absolute atomic E-state index is 6.04. The van der Waals surface area contributed by atoms with Gasteiger partial charge in [0.15, 0.2) is 0 Å². The van der Waals surface area contributed by atoms with Gasteiger partial charge >= 0.3 is 0 Å². The third kappa shape index (κ3) is 4.70. The number of fused-ring (bicyclic) bond motifs is 9. The zero-order valence-electron chi connectivity index (χ0n) is 27.7. The zero-order chi connectivity index (χ0) is 33.9. The van der Waals surface area contributed by atoms with Crippen LogP contribution in [0, 0.1) is 0 Å². The molecule has 0 aliphatic carbocycles. The summed E-state index contributed by atoms with van der Waals surface area (Å²) in [6.45, 7) is 0.453. The van der Waals surface area contributed by atoms with Crippen LogP contribution in [0.15, 0.2) is 175 Å². The quantitative estimate of drug-likeness (QED) is 0.176. The molecule has 0 saturated carbocycles. The standard InChI is InChI=1S/C46H32N4S/c47-26-25-40(31-11-9-12-32(27-31)50-43-20-6-2-13-34(43)35-14-3-7-21-44(35)50)48-29-49-41-19-5-1-15-36(41)39-28-30(23-24-42(39)49)33-17-10-18-38-37-16-4-8-22-45(37)51-46(33)38/h1-28H,29,47H2. The van der Waals surface area contributed by atoms with E-state index in [1.54, 1.807) is 6.20 Å². The van der Waals surface area contributed by atoms with Crippen molar-refractivity contribution in [2.24, 2.45) is 10.7 Å². The van der Waals surface area contributed by atoms with Gasteiger partial charge in [-0.1, -0.05) is 109 Å². The summed E-state index contributed by atoms with van der Waals surface area (Å²) in [4.78, 5) is 5.22. The molecule has 242 valence electrons. The lowest BCUT2D eigenvalue weighted by atomic mass is 10.0. The molecular weight excluding hydrogens is 641 g/mol. The van der Waals surface area contributed by atoms with E-state index in [2.05, 4.69) is 167 Å². The van der Waals surface area contributed by atoms with Gasteiger partial charge in [0.2, 0.25) is 0 Å². The van der Waals surface area contributed by atoms with E-state index < -0.39 is 0 Å². The van der Waals surface area contributed by atoms with E-state index in [-0.39, 0.29) is 0 Å². The summed E-state index contributed by atoms with van der Waals surface area (Å²) in [7, 11) is 0. The largest absolute Gasteiger partial charge is 0.405 e. The van der Waals surface area contributed by atoms with E-state index in [0.29, 0.717) is 6.67 Å². The maximum Gasteiger partial charge on any atom is 0.115 e. The van der Waals surface area contributed by atoms with E-state index in [0.717, 1.165) is 28.0 Å². The second-order valence-electron chi connectivity index (χ2n) is 12.9. The van der Waals surface area contributed by atoms with Crippen molar-refractivity contribution in [1.82, 2.24) is 9.13 Å². The molecule has 3 aromatic heterocycles. The fourth-order valence-corrected chi connectivity index (χ4v) is 9.07. The smallest absolute Gasteiger partial charge is 0.115 e. The molecule has 0 aliphatic heterocycles. The molecule has 4 nitrogen and oxygen atoms in total. The van der Waals surface area contributed by atoms with Crippen LogP contribution < -0.4 is 5.73 Å². The Kier molecular flexibility index (Phi) is 6.86. The molecule has 0 radical (unpaired) electrons. The van der Waals surface area contributed by atoms with Gasteiger partial charge in [-0.15, -0.1) is 11.3 Å². The highest BCUT2D eigenvalue weighted by atomic mass is 32.1. The van der Waals surface area contributed by atoms with Crippen molar-refractivity contribution in [3.8, 4) is 16.8 Å². The van der Waals surface area contributed by atoms with Crippen LogP contribution in [-0.2, 0) is 6.67 Å². The predicted octanol–water partition coefficient (Wildman–Crippen LogP) is 11.8. The van der Waals surface area contributed by atoms with Crippen LogP contribution in [0.3, 0.4) is 0 Å². The Bertz CT molecular complexity index is 2970. The first-order valence-corrected chi connectivity index (χ1v) is 18.0. The first-order valence-electron chi connectivity index (χ1n) is 17.2. The minimum absolute atomic E-state index is 0.453. The molecule has 10 rings (SSSR count). The van der Waals surface area contributed by atoms with Crippen molar-refractivity contribution >= 4 is 80.8 Å². The second kappa shape index (κ2) is 11.9. The second-order valence-corrected chi connectivity index (χ2v) is 14.0. The number of rotatable bonds is 6. The average molecular weight is 673 g/mol. The Morgan fingerprint density at radius 1 is 0.569 bits per heavy atom. The molecule has 0 aliphatic rings.